The fraction of sp³-hybridized carbons (Fsp3) is 0.308. The van der Waals surface area contributed by atoms with Gasteiger partial charge < -0.3 is 4.74 Å². The summed E-state index contributed by atoms with van der Waals surface area (Å²) in [6.07, 6.45) is 0. The number of carbonyl (C=O) groups excluding carboxylic acids is 3. The number of nitrogens with one attached hydrogen (secondary N) is 1. The first kappa shape index (κ1) is 13.1. The number of amides is 3. The fourth-order valence-electron chi connectivity index (χ4n) is 1.90. The number of rotatable bonds is 4. The third kappa shape index (κ3) is 2.73. The largest absolute Gasteiger partial charge is 0.464 e. The number of nitrogens with zero attached hydrogens (tertiary/aromatic N) is 1. The zero-order valence-electron chi connectivity index (χ0n) is 10.5. The molecule has 1 atom stereocenters. The molecular formula is C13H14N2O4. The van der Waals surface area contributed by atoms with Crippen molar-refractivity contribution in [1.82, 2.24) is 10.2 Å². The van der Waals surface area contributed by atoms with Crippen molar-refractivity contribution in [1.29, 1.82) is 0 Å². The Kier molecular flexibility index (Phi) is 3.79. The van der Waals surface area contributed by atoms with Crippen LogP contribution in [0.25, 0.3) is 0 Å². The van der Waals surface area contributed by atoms with Gasteiger partial charge in [-0.2, -0.15) is 0 Å². The number of urea groups is 1. The van der Waals surface area contributed by atoms with E-state index in [0.29, 0.717) is 0 Å². The SMILES string of the molecule is CCOC(=O)C1C(=O)NC(=O)N1Cc1ccccc1. The molecule has 1 aliphatic rings. The smallest absolute Gasteiger partial charge is 0.338 e. The van der Waals surface area contributed by atoms with E-state index in [0.717, 1.165) is 5.56 Å². The third-order valence-electron chi connectivity index (χ3n) is 2.76. The Morgan fingerprint density at radius 3 is 2.63 bits per heavy atom. The average Bonchev–Trinajstić information content (AvgIpc) is 2.66. The number of imide groups is 1. The minimum atomic E-state index is -1.20. The molecule has 1 saturated heterocycles. The van der Waals surface area contributed by atoms with Crippen LogP contribution in [0.5, 0.6) is 0 Å². The van der Waals surface area contributed by atoms with Crippen molar-refractivity contribution >= 4 is 17.9 Å². The number of esters is 1. The quantitative estimate of drug-likeness (QED) is 0.491. The van der Waals surface area contributed by atoms with Gasteiger partial charge in [-0.1, -0.05) is 30.3 Å². The second-order valence-electron chi connectivity index (χ2n) is 4.06. The van der Waals surface area contributed by atoms with Crippen molar-refractivity contribution in [2.45, 2.75) is 19.5 Å². The molecule has 0 bridgehead atoms. The predicted octanol–water partition coefficient (Wildman–Crippen LogP) is 0.670. The minimum Gasteiger partial charge on any atom is -0.464 e. The molecule has 1 aliphatic heterocycles. The van der Waals surface area contributed by atoms with Crippen molar-refractivity contribution in [2.24, 2.45) is 0 Å². The summed E-state index contributed by atoms with van der Waals surface area (Å²) in [7, 11) is 0. The summed E-state index contributed by atoms with van der Waals surface area (Å²) in [5.74, 6) is -1.35. The van der Waals surface area contributed by atoms with Gasteiger partial charge in [0.2, 0.25) is 6.04 Å². The lowest BCUT2D eigenvalue weighted by molar-refractivity contribution is -0.150. The number of ether oxygens (including phenoxy) is 1. The van der Waals surface area contributed by atoms with Crippen molar-refractivity contribution in [2.75, 3.05) is 6.61 Å². The normalized spacial score (nSPS) is 18.4. The summed E-state index contributed by atoms with van der Waals surface area (Å²) in [5, 5.41) is 2.12. The third-order valence-corrected chi connectivity index (χ3v) is 2.76. The first-order valence-electron chi connectivity index (χ1n) is 5.95. The molecule has 1 unspecified atom stereocenters. The van der Waals surface area contributed by atoms with E-state index in [4.69, 9.17) is 4.74 Å². The predicted molar refractivity (Wildman–Crippen MR) is 65.9 cm³/mol. The molecule has 0 radical (unpaired) electrons. The molecule has 19 heavy (non-hydrogen) atoms. The average molecular weight is 262 g/mol. The van der Waals surface area contributed by atoms with Gasteiger partial charge in [0.1, 0.15) is 0 Å². The molecule has 6 nitrogen and oxygen atoms in total. The molecule has 0 saturated carbocycles. The maximum Gasteiger partial charge on any atom is 0.338 e. The fourth-order valence-corrected chi connectivity index (χ4v) is 1.90. The number of hydrogen-bond donors (Lipinski definition) is 1. The van der Waals surface area contributed by atoms with Gasteiger partial charge in [-0.05, 0) is 12.5 Å². The van der Waals surface area contributed by atoms with Gasteiger partial charge in [-0.3, -0.25) is 15.0 Å². The molecule has 0 aliphatic carbocycles. The van der Waals surface area contributed by atoms with Gasteiger partial charge in [0.15, 0.2) is 0 Å². The van der Waals surface area contributed by atoms with Crippen LogP contribution in [0.4, 0.5) is 4.79 Å². The Bertz CT molecular complexity index is 501. The van der Waals surface area contributed by atoms with Gasteiger partial charge in [-0.25, -0.2) is 9.59 Å². The van der Waals surface area contributed by atoms with Gasteiger partial charge in [-0.15, -0.1) is 0 Å². The molecule has 1 fully saturated rings. The summed E-state index contributed by atoms with van der Waals surface area (Å²) in [4.78, 5) is 36.2. The second-order valence-corrected chi connectivity index (χ2v) is 4.06. The van der Waals surface area contributed by atoms with E-state index < -0.39 is 23.9 Å². The number of carbonyl (C=O) groups is 3. The highest BCUT2D eigenvalue weighted by Gasteiger charge is 2.44. The Morgan fingerprint density at radius 2 is 2.00 bits per heavy atom. The van der Waals surface area contributed by atoms with Crippen LogP contribution in [0.1, 0.15) is 12.5 Å². The van der Waals surface area contributed by atoms with Crippen molar-refractivity contribution in [3.63, 3.8) is 0 Å². The minimum absolute atomic E-state index is 0.163. The lowest BCUT2D eigenvalue weighted by Gasteiger charge is -2.20. The van der Waals surface area contributed by atoms with E-state index in [2.05, 4.69) is 5.32 Å². The Labute approximate surface area is 110 Å². The lowest BCUT2D eigenvalue weighted by atomic mass is 10.2. The van der Waals surface area contributed by atoms with E-state index in [1.54, 1.807) is 6.92 Å². The maximum atomic E-state index is 11.7. The van der Waals surface area contributed by atoms with Crippen molar-refractivity contribution in [3.05, 3.63) is 35.9 Å². The van der Waals surface area contributed by atoms with Crippen LogP contribution in [0.2, 0.25) is 0 Å². The monoisotopic (exact) mass is 262 g/mol. The summed E-state index contributed by atoms with van der Waals surface area (Å²) in [6, 6.07) is 7.35. The molecule has 3 amide bonds. The molecule has 0 aromatic heterocycles. The Hall–Kier alpha value is -2.37. The highest BCUT2D eigenvalue weighted by molar-refractivity contribution is 6.14. The van der Waals surface area contributed by atoms with Gasteiger partial charge >= 0.3 is 12.0 Å². The summed E-state index contributed by atoms with van der Waals surface area (Å²) in [5.41, 5.74) is 0.835. The van der Waals surface area contributed by atoms with Crippen LogP contribution in [0.15, 0.2) is 30.3 Å². The molecule has 1 aromatic carbocycles. The van der Waals surface area contributed by atoms with Gasteiger partial charge in [0.05, 0.1) is 6.61 Å². The lowest BCUT2D eigenvalue weighted by Crippen LogP contribution is -2.42. The Balaban J connectivity index is 2.18. The Morgan fingerprint density at radius 1 is 1.32 bits per heavy atom. The topological polar surface area (TPSA) is 75.7 Å². The van der Waals surface area contributed by atoms with Crippen molar-refractivity contribution < 1.29 is 19.1 Å². The van der Waals surface area contributed by atoms with E-state index >= 15 is 0 Å². The van der Waals surface area contributed by atoms with Gasteiger partial charge in [0, 0.05) is 6.54 Å². The first-order valence-corrected chi connectivity index (χ1v) is 5.95. The molecule has 6 heteroatoms. The summed E-state index contributed by atoms with van der Waals surface area (Å²) >= 11 is 0. The van der Waals surface area contributed by atoms with E-state index in [-0.39, 0.29) is 13.2 Å². The summed E-state index contributed by atoms with van der Waals surface area (Å²) in [6.45, 7) is 1.99. The number of hydrogen-bond acceptors (Lipinski definition) is 4. The van der Waals surface area contributed by atoms with Gasteiger partial charge in [0.25, 0.3) is 5.91 Å². The van der Waals surface area contributed by atoms with E-state index in [1.807, 2.05) is 30.3 Å². The highest BCUT2D eigenvalue weighted by Crippen LogP contribution is 2.15. The molecule has 1 heterocycles. The molecule has 100 valence electrons. The van der Waals surface area contributed by atoms with Crippen LogP contribution in [0, 0.1) is 0 Å². The molecule has 2 rings (SSSR count). The van der Waals surface area contributed by atoms with Crippen LogP contribution < -0.4 is 5.32 Å². The zero-order chi connectivity index (χ0) is 13.8. The standard InChI is InChI=1S/C13H14N2O4/c1-2-19-12(17)10-11(16)14-13(18)15(10)8-9-6-4-3-5-7-9/h3-7,10H,2,8H2,1H3,(H,14,16,18). The highest BCUT2D eigenvalue weighted by atomic mass is 16.5. The van der Waals surface area contributed by atoms with Crippen LogP contribution in [-0.2, 0) is 20.9 Å². The summed E-state index contributed by atoms with van der Waals surface area (Å²) < 4.78 is 4.82. The zero-order valence-corrected chi connectivity index (χ0v) is 10.5. The molecular weight excluding hydrogens is 248 g/mol. The molecule has 1 aromatic rings. The first-order chi connectivity index (χ1) is 9.13. The number of benzene rings is 1. The maximum absolute atomic E-state index is 11.7. The van der Waals surface area contributed by atoms with Crippen LogP contribution >= 0.6 is 0 Å². The molecule has 0 spiro atoms. The van der Waals surface area contributed by atoms with E-state index in [9.17, 15) is 14.4 Å². The van der Waals surface area contributed by atoms with Crippen molar-refractivity contribution in [3.8, 4) is 0 Å². The second kappa shape index (κ2) is 5.51. The van der Waals surface area contributed by atoms with E-state index in [1.165, 1.54) is 4.90 Å². The molecule has 1 N–H and O–H groups in total. The van der Waals surface area contributed by atoms with Crippen LogP contribution in [-0.4, -0.2) is 35.5 Å². The van der Waals surface area contributed by atoms with Crippen LogP contribution in [0.3, 0.4) is 0 Å².